The number of halogens is 1. The van der Waals surface area contributed by atoms with E-state index in [9.17, 15) is 0 Å². The number of hydrogen-bond acceptors (Lipinski definition) is 1. The number of alkyl halides is 1. The van der Waals surface area contributed by atoms with Crippen LogP contribution in [0.25, 0.3) is 10.9 Å². The maximum Gasteiger partial charge on any atom is 0.0704 e. The number of aromatic nitrogens is 1. The molecule has 1 nitrogen and oxygen atoms in total. The number of rotatable bonds is 3. The van der Waals surface area contributed by atoms with Gasteiger partial charge in [-0.05, 0) is 30.0 Å². The Bertz CT molecular complexity index is 476. The van der Waals surface area contributed by atoms with Crippen molar-refractivity contribution in [2.45, 2.75) is 31.0 Å². The Kier molecular flexibility index (Phi) is 3.59. The summed E-state index contributed by atoms with van der Waals surface area (Å²) in [6.07, 6.45) is 3.04. The molecule has 0 aliphatic rings. The highest BCUT2D eigenvalue weighted by molar-refractivity contribution is 9.09. The van der Waals surface area contributed by atoms with Crippen LogP contribution >= 0.6 is 15.9 Å². The van der Waals surface area contributed by atoms with E-state index in [1.807, 2.05) is 12.3 Å². The van der Waals surface area contributed by atoms with Crippen molar-refractivity contribution in [3.8, 4) is 0 Å². The fourth-order valence-corrected chi connectivity index (χ4v) is 2.35. The Morgan fingerprint density at radius 1 is 1.25 bits per heavy atom. The molecule has 0 aliphatic heterocycles. The van der Waals surface area contributed by atoms with Crippen molar-refractivity contribution in [3.63, 3.8) is 0 Å². The molecule has 16 heavy (non-hydrogen) atoms. The van der Waals surface area contributed by atoms with Crippen LogP contribution in [0.15, 0.2) is 36.5 Å². The lowest BCUT2D eigenvalue weighted by Crippen LogP contribution is -2.08. The average Bonchev–Trinajstić information content (AvgIpc) is 2.36. The van der Waals surface area contributed by atoms with Gasteiger partial charge in [-0.2, -0.15) is 0 Å². The number of para-hydroxylation sites is 1. The Morgan fingerprint density at radius 2 is 2.00 bits per heavy atom. The fourth-order valence-electron chi connectivity index (χ4n) is 2.06. The van der Waals surface area contributed by atoms with Crippen molar-refractivity contribution >= 4 is 26.8 Å². The Balaban J connectivity index is 2.52. The van der Waals surface area contributed by atoms with Gasteiger partial charge >= 0.3 is 0 Å². The van der Waals surface area contributed by atoms with E-state index in [0.29, 0.717) is 10.7 Å². The van der Waals surface area contributed by atoms with E-state index >= 15 is 0 Å². The standard InChI is InChI=1S/C14H16BrN/c1-3-13(15)10(2)11-8-9-16-14-7-5-4-6-12(11)14/h4-10,13H,3H2,1-2H3. The minimum absolute atomic E-state index is 0.512. The first-order valence-electron chi connectivity index (χ1n) is 5.71. The molecule has 2 unspecified atom stereocenters. The van der Waals surface area contributed by atoms with Gasteiger partial charge in [-0.15, -0.1) is 0 Å². The van der Waals surface area contributed by atoms with Crippen LogP contribution in [0, 0.1) is 0 Å². The summed E-state index contributed by atoms with van der Waals surface area (Å²) in [7, 11) is 0. The average molecular weight is 278 g/mol. The lowest BCUT2D eigenvalue weighted by Gasteiger charge is -2.18. The first kappa shape index (κ1) is 11.6. The van der Waals surface area contributed by atoms with Gasteiger partial charge in [0.15, 0.2) is 0 Å². The molecule has 0 fully saturated rings. The van der Waals surface area contributed by atoms with Crippen LogP contribution in [0.1, 0.15) is 31.7 Å². The van der Waals surface area contributed by atoms with Crippen LogP contribution in [0.3, 0.4) is 0 Å². The predicted molar refractivity (Wildman–Crippen MR) is 73.2 cm³/mol. The molecule has 1 aromatic heterocycles. The molecule has 2 atom stereocenters. The Labute approximate surface area is 105 Å². The van der Waals surface area contributed by atoms with Crippen LogP contribution in [0.4, 0.5) is 0 Å². The van der Waals surface area contributed by atoms with Crippen molar-refractivity contribution in [2.75, 3.05) is 0 Å². The van der Waals surface area contributed by atoms with E-state index in [2.05, 4.69) is 59.0 Å². The van der Waals surface area contributed by atoms with E-state index in [-0.39, 0.29) is 0 Å². The Hall–Kier alpha value is -0.890. The summed E-state index contributed by atoms with van der Waals surface area (Å²) in [5.74, 6) is 0.512. The minimum Gasteiger partial charge on any atom is -0.256 e. The van der Waals surface area contributed by atoms with Crippen molar-refractivity contribution in [3.05, 3.63) is 42.1 Å². The van der Waals surface area contributed by atoms with Gasteiger partial charge in [0.2, 0.25) is 0 Å². The smallest absolute Gasteiger partial charge is 0.0704 e. The Morgan fingerprint density at radius 3 is 2.75 bits per heavy atom. The number of fused-ring (bicyclic) bond motifs is 1. The quantitative estimate of drug-likeness (QED) is 0.753. The fraction of sp³-hybridized carbons (Fsp3) is 0.357. The number of nitrogens with zero attached hydrogens (tertiary/aromatic N) is 1. The zero-order chi connectivity index (χ0) is 11.5. The van der Waals surface area contributed by atoms with Gasteiger partial charge in [-0.1, -0.05) is 48.0 Å². The number of benzene rings is 1. The molecule has 0 bridgehead atoms. The molecule has 0 aliphatic carbocycles. The molecule has 1 aromatic carbocycles. The molecule has 0 amide bonds. The first-order chi connectivity index (χ1) is 7.74. The molecule has 0 saturated carbocycles. The molecule has 0 N–H and O–H groups in total. The third-order valence-corrected chi connectivity index (χ3v) is 4.55. The summed E-state index contributed by atoms with van der Waals surface area (Å²) in [5.41, 5.74) is 2.47. The molecule has 2 rings (SSSR count). The van der Waals surface area contributed by atoms with Crippen LogP contribution in [0.2, 0.25) is 0 Å². The molecular formula is C14H16BrN. The lowest BCUT2D eigenvalue weighted by atomic mass is 9.93. The van der Waals surface area contributed by atoms with E-state index in [1.54, 1.807) is 0 Å². The zero-order valence-electron chi connectivity index (χ0n) is 9.65. The van der Waals surface area contributed by atoms with E-state index in [0.717, 1.165) is 11.9 Å². The molecule has 0 radical (unpaired) electrons. The third-order valence-electron chi connectivity index (χ3n) is 3.11. The van der Waals surface area contributed by atoms with Gasteiger partial charge in [-0.3, -0.25) is 4.98 Å². The molecule has 0 spiro atoms. The lowest BCUT2D eigenvalue weighted by molar-refractivity contribution is 0.698. The normalized spacial score (nSPS) is 14.9. The van der Waals surface area contributed by atoms with Gasteiger partial charge in [0, 0.05) is 16.4 Å². The van der Waals surface area contributed by atoms with E-state index in [4.69, 9.17) is 0 Å². The van der Waals surface area contributed by atoms with Crippen molar-refractivity contribution in [1.82, 2.24) is 4.98 Å². The summed E-state index contributed by atoms with van der Waals surface area (Å²) in [4.78, 5) is 4.92. The van der Waals surface area contributed by atoms with Gasteiger partial charge in [-0.25, -0.2) is 0 Å². The maximum absolute atomic E-state index is 4.39. The molecule has 1 heterocycles. The number of pyridine rings is 1. The third kappa shape index (κ3) is 2.12. The molecule has 2 aromatic rings. The van der Waals surface area contributed by atoms with Crippen LogP contribution in [0.5, 0.6) is 0 Å². The first-order valence-corrected chi connectivity index (χ1v) is 6.63. The topological polar surface area (TPSA) is 12.9 Å². The van der Waals surface area contributed by atoms with E-state index in [1.165, 1.54) is 10.9 Å². The second kappa shape index (κ2) is 4.96. The molecule has 84 valence electrons. The van der Waals surface area contributed by atoms with Gasteiger partial charge in [0.25, 0.3) is 0 Å². The highest BCUT2D eigenvalue weighted by Gasteiger charge is 2.16. The molecular weight excluding hydrogens is 262 g/mol. The van der Waals surface area contributed by atoms with Crippen LogP contribution in [-0.2, 0) is 0 Å². The van der Waals surface area contributed by atoms with Gasteiger partial charge < -0.3 is 0 Å². The highest BCUT2D eigenvalue weighted by atomic mass is 79.9. The number of hydrogen-bond donors (Lipinski definition) is 0. The maximum atomic E-state index is 4.39. The monoisotopic (exact) mass is 277 g/mol. The molecule has 2 heteroatoms. The van der Waals surface area contributed by atoms with Crippen LogP contribution in [-0.4, -0.2) is 9.81 Å². The van der Waals surface area contributed by atoms with Crippen molar-refractivity contribution in [2.24, 2.45) is 0 Å². The summed E-state index contributed by atoms with van der Waals surface area (Å²) in [6, 6.07) is 10.5. The van der Waals surface area contributed by atoms with Gasteiger partial charge in [0.05, 0.1) is 5.52 Å². The highest BCUT2D eigenvalue weighted by Crippen LogP contribution is 2.31. The summed E-state index contributed by atoms with van der Waals surface area (Å²) in [5, 5.41) is 1.27. The zero-order valence-corrected chi connectivity index (χ0v) is 11.2. The summed E-state index contributed by atoms with van der Waals surface area (Å²) in [6.45, 7) is 4.48. The van der Waals surface area contributed by atoms with E-state index < -0.39 is 0 Å². The second-order valence-corrected chi connectivity index (χ2v) is 5.31. The van der Waals surface area contributed by atoms with Crippen LogP contribution < -0.4 is 0 Å². The van der Waals surface area contributed by atoms with Gasteiger partial charge in [0.1, 0.15) is 0 Å². The molecule has 0 saturated heterocycles. The second-order valence-electron chi connectivity index (χ2n) is 4.13. The minimum atomic E-state index is 0.512. The summed E-state index contributed by atoms with van der Waals surface area (Å²) < 4.78 is 0. The van der Waals surface area contributed by atoms with Crippen molar-refractivity contribution < 1.29 is 0 Å². The van der Waals surface area contributed by atoms with Crippen molar-refractivity contribution in [1.29, 1.82) is 0 Å². The predicted octanol–water partition coefficient (Wildman–Crippen LogP) is 4.51. The largest absolute Gasteiger partial charge is 0.256 e. The summed E-state index contributed by atoms with van der Waals surface area (Å²) >= 11 is 3.74. The SMILES string of the molecule is CCC(Br)C(C)c1ccnc2ccccc12.